The summed E-state index contributed by atoms with van der Waals surface area (Å²) in [7, 11) is 0. The van der Waals surface area contributed by atoms with Crippen molar-refractivity contribution < 1.29 is 4.79 Å². The first-order valence-corrected chi connectivity index (χ1v) is 8.00. The van der Waals surface area contributed by atoms with Crippen LogP contribution in [0.1, 0.15) is 24.9 Å². The van der Waals surface area contributed by atoms with E-state index >= 15 is 0 Å². The van der Waals surface area contributed by atoms with Gasteiger partial charge in [0.1, 0.15) is 6.17 Å². The van der Waals surface area contributed by atoms with Gasteiger partial charge in [0.05, 0.1) is 0 Å². The van der Waals surface area contributed by atoms with Gasteiger partial charge < -0.3 is 10.6 Å². The zero-order chi connectivity index (χ0) is 14.8. The number of hydrogen-bond acceptors (Lipinski definition) is 5. The van der Waals surface area contributed by atoms with Crippen molar-refractivity contribution in [2.75, 3.05) is 11.1 Å². The molecule has 2 heterocycles. The number of para-hydroxylation sites is 1. The molecule has 1 aromatic carbocycles. The minimum Gasteiger partial charge on any atom is -0.364 e. The molecular weight excluding hydrogens is 284 g/mol. The second-order valence-corrected chi connectivity index (χ2v) is 5.94. The van der Waals surface area contributed by atoms with E-state index in [-0.39, 0.29) is 18.1 Å². The number of fused-ring (bicyclic) bond motifs is 3. The molecule has 6 heteroatoms. The summed E-state index contributed by atoms with van der Waals surface area (Å²) in [6.45, 7) is 5.78. The first-order valence-electron chi connectivity index (χ1n) is 7.01. The van der Waals surface area contributed by atoms with E-state index in [0.29, 0.717) is 5.17 Å². The Hall–Kier alpha value is -1.95. The van der Waals surface area contributed by atoms with Gasteiger partial charge in [-0.3, -0.25) is 9.80 Å². The Bertz CT molecular complexity index is 601. The average Bonchev–Trinajstić information content (AvgIpc) is 2.51. The second-order valence-electron chi connectivity index (χ2n) is 4.93. The minimum atomic E-state index is -0.361. The van der Waals surface area contributed by atoms with Crippen LogP contribution < -0.4 is 10.6 Å². The Morgan fingerprint density at radius 1 is 1.48 bits per heavy atom. The Morgan fingerprint density at radius 3 is 3.05 bits per heavy atom. The fraction of sp³-hybridized carbons (Fsp3) is 0.333. The van der Waals surface area contributed by atoms with Crippen LogP contribution in [0.3, 0.4) is 0 Å². The number of nitrogens with one attached hydrogen (secondary N) is 2. The third-order valence-corrected chi connectivity index (χ3v) is 4.43. The highest BCUT2D eigenvalue weighted by molar-refractivity contribution is 8.14. The highest BCUT2D eigenvalue weighted by Crippen LogP contribution is 2.37. The fourth-order valence-electron chi connectivity index (χ4n) is 2.62. The summed E-state index contributed by atoms with van der Waals surface area (Å²) in [5.41, 5.74) is 1.98. The highest BCUT2D eigenvalue weighted by Gasteiger charge is 2.40. The number of amides is 1. The number of thioether (sulfide) groups is 1. The molecule has 1 amide bonds. The molecule has 0 spiro atoms. The summed E-state index contributed by atoms with van der Waals surface area (Å²) in [6.07, 6.45) is 2.68. The smallest absolute Gasteiger partial charge is 0.255 e. The summed E-state index contributed by atoms with van der Waals surface area (Å²) in [6, 6.07) is 7.55. The number of carbonyl (C=O) groups is 1. The van der Waals surface area contributed by atoms with Gasteiger partial charge in [0.25, 0.3) is 5.91 Å². The maximum Gasteiger partial charge on any atom is 0.255 e. The first-order chi connectivity index (χ1) is 10.2. The molecule has 0 radical (unpaired) electrons. The standard InChI is InChI=1S/C15H18N4OS/c1-3-9-21-15-17-14(20)13-10-7-5-6-8-11(10)16-12(4-2)19(13)18-15/h3,5-8,12-13,16H,1,4,9H2,2H3,(H,17,18,20). The normalized spacial score (nSPS) is 23.4. The molecule has 0 saturated heterocycles. The SMILES string of the molecule is C=CCSC1=NN2C(CC)Nc3ccccc3C2C(=O)N1. The number of anilines is 1. The molecular formula is C15H18N4OS. The largest absolute Gasteiger partial charge is 0.364 e. The zero-order valence-corrected chi connectivity index (χ0v) is 12.7. The molecule has 2 aliphatic heterocycles. The molecule has 2 unspecified atom stereocenters. The van der Waals surface area contributed by atoms with E-state index in [0.717, 1.165) is 23.4 Å². The molecule has 0 bridgehead atoms. The number of carbonyl (C=O) groups excluding carboxylic acids is 1. The van der Waals surface area contributed by atoms with Gasteiger partial charge in [-0.05, 0) is 12.5 Å². The van der Waals surface area contributed by atoms with E-state index in [1.165, 1.54) is 11.8 Å². The van der Waals surface area contributed by atoms with Crippen LogP contribution in [0.25, 0.3) is 0 Å². The number of nitrogens with zero attached hydrogens (tertiary/aromatic N) is 2. The van der Waals surface area contributed by atoms with Crippen LogP contribution >= 0.6 is 11.8 Å². The number of rotatable bonds is 3. The maximum absolute atomic E-state index is 12.5. The zero-order valence-electron chi connectivity index (χ0n) is 11.9. The molecule has 1 aromatic rings. The van der Waals surface area contributed by atoms with Crippen LogP contribution in [-0.4, -0.2) is 28.0 Å². The van der Waals surface area contributed by atoms with Gasteiger partial charge in [-0.2, -0.15) is 0 Å². The Balaban J connectivity index is 1.99. The van der Waals surface area contributed by atoms with Gasteiger partial charge in [-0.1, -0.05) is 43.0 Å². The topological polar surface area (TPSA) is 56.7 Å². The van der Waals surface area contributed by atoms with Crippen molar-refractivity contribution in [3.63, 3.8) is 0 Å². The van der Waals surface area contributed by atoms with Gasteiger partial charge in [-0.15, -0.1) is 11.7 Å². The van der Waals surface area contributed by atoms with Crippen molar-refractivity contribution >= 4 is 28.5 Å². The number of benzene rings is 1. The van der Waals surface area contributed by atoms with Crippen molar-refractivity contribution in [2.24, 2.45) is 5.10 Å². The summed E-state index contributed by atoms with van der Waals surface area (Å²) >= 11 is 1.48. The van der Waals surface area contributed by atoms with E-state index in [1.807, 2.05) is 29.3 Å². The predicted octanol–water partition coefficient (Wildman–Crippen LogP) is 2.51. The van der Waals surface area contributed by atoms with Crippen LogP contribution in [0.5, 0.6) is 0 Å². The molecule has 2 atom stereocenters. The summed E-state index contributed by atoms with van der Waals surface area (Å²) < 4.78 is 0. The highest BCUT2D eigenvalue weighted by atomic mass is 32.2. The molecule has 5 nitrogen and oxygen atoms in total. The Kier molecular flexibility index (Phi) is 3.88. The average molecular weight is 302 g/mol. The van der Waals surface area contributed by atoms with Crippen molar-refractivity contribution in [1.29, 1.82) is 0 Å². The molecule has 0 fully saturated rings. The third kappa shape index (κ3) is 2.51. The monoisotopic (exact) mass is 302 g/mol. The van der Waals surface area contributed by atoms with Crippen molar-refractivity contribution in [2.45, 2.75) is 25.6 Å². The van der Waals surface area contributed by atoms with Crippen LogP contribution in [0.15, 0.2) is 42.0 Å². The minimum absolute atomic E-state index is 0.0234. The van der Waals surface area contributed by atoms with Crippen LogP contribution in [0.2, 0.25) is 0 Å². The number of amidine groups is 1. The molecule has 2 aliphatic rings. The predicted molar refractivity (Wildman–Crippen MR) is 87.0 cm³/mol. The van der Waals surface area contributed by atoms with E-state index in [4.69, 9.17) is 0 Å². The molecule has 2 N–H and O–H groups in total. The van der Waals surface area contributed by atoms with E-state index < -0.39 is 0 Å². The lowest BCUT2D eigenvalue weighted by Gasteiger charge is -2.43. The summed E-state index contributed by atoms with van der Waals surface area (Å²) in [5, 5.41) is 13.5. The molecule has 0 aromatic heterocycles. The van der Waals surface area contributed by atoms with Gasteiger partial charge in [0.15, 0.2) is 11.2 Å². The first kappa shape index (κ1) is 14.0. The van der Waals surface area contributed by atoms with Gasteiger partial charge >= 0.3 is 0 Å². The maximum atomic E-state index is 12.5. The van der Waals surface area contributed by atoms with Gasteiger partial charge in [0, 0.05) is 17.0 Å². The summed E-state index contributed by atoms with van der Waals surface area (Å²) in [5.74, 6) is 0.697. The van der Waals surface area contributed by atoms with Crippen molar-refractivity contribution in [1.82, 2.24) is 10.3 Å². The lowest BCUT2D eigenvalue weighted by molar-refractivity contribution is -0.127. The van der Waals surface area contributed by atoms with Gasteiger partial charge in [-0.25, -0.2) is 0 Å². The van der Waals surface area contributed by atoms with Gasteiger partial charge in [0.2, 0.25) is 0 Å². The molecule has 0 aliphatic carbocycles. The molecule has 21 heavy (non-hydrogen) atoms. The van der Waals surface area contributed by atoms with Crippen molar-refractivity contribution in [3.8, 4) is 0 Å². The molecule has 3 rings (SSSR count). The lowest BCUT2D eigenvalue weighted by Crippen LogP contribution is -2.54. The Labute approximate surface area is 128 Å². The quantitative estimate of drug-likeness (QED) is 0.842. The lowest BCUT2D eigenvalue weighted by atomic mass is 9.99. The van der Waals surface area contributed by atoms with Crippen molar-refractivity contribution in [3.05, 3.63) is 42.5 Å². The fourth-order valence-corrected chi connectivity index (χ4v) is 3.22. The third-order valence-electron chi connectivity index (χ3n) is 3.57. The second kappa shape index (κ2) is 5.81. The number of hydrogen-bond donors (Lipinski definition) is 2. The van der Waals surface area contributed by atoms with E-state index in [1.54, 1.807) is 6.08 Å². The van der Waals surface area contributed by atoms with E-state index in [2.05, 4.69) is 29.2 Å². The molecule has 110 valence electrons. The van der Waals surface area contributed by atoms with Crippen LogP contribution in [0.4, 0.5) is 5.69 Å². The Morgan fingerprint density at radius 2 is 2.29 bits per heavy atom. The van der Waals surface area contributed by atoms with E-state index in [9.17, 15) is 4.79 Å². The van der Waals surface area contributed by atoms with Crippen LogP contribution in [-0.2, 0) is 4.79 Å². The molecule has 0 saturated carbocycles. The summed E-state index contributed by atoms with van der Waals surface area (Å²) in [4.78, 5) is 12.5. The van der Waals surface area contributed by atoms with Crippen LogP contribution in [0, 0.1) is 0 Å². The number of hydrazone groups is 1.